The van der Waals surface area contributed by atoms with Gasteiger partial charge in [0.1, 0.15) is 5.52 Å². The van der Waals surface area contributed by atoms with Crippen LogP contribution in [-0.2, 0) is 0 Å². The molecule has 0 aliphatic heterocycles. The largest absolute Gasteiger partial charge is 0.436 e. The van der Waals surface area contributed by atoms with Crippen LogP contribution in [0, 0.1) is 0 Å². The van der Waals surface area contributed by atoms with Gasteiger partial charge in [0.05, 0.1) is 0 Å². The standard InChI is InChI=1S/C40H26N4O/c1-4-11-27(12-5-1)28-19-21-30(22-20-28)38-42-37(29-13-6-2-7-14-29)43-39(44-38)34-18-10-17-32(25-34)33-23-24-35-36(26-33)45-40(41-35)31-15-8-3-9-16-31/h1-26H. The Hall–Kier alpha value is -6.20. The van der Waals surface area contributed by atoms with Gasteiger partial charge in [0.2, 0.25) is 5.89 Å². The molecule has 0 bridgehead atoms. The van der Waals surface area contributed by atoms with Crippen LogP contribution in [0.15, 0.2) is 162 Å². The highest BCUT2D eigenvalue weighted by Gasteiger charge is 2.14. The Morgan fingerprint density at radius 2 is 0.756 bits per heavy atom. The number of nitrogens with zero attached hydrogens (tertiary/aromatic N) is 4. The van der Waals surface area contributed by atoms with Crippen molar-refractivity contribution in [3.8, 4) is 67.9 Å². The number of hydrogen-bond acceptors (Lipinski definition) is 5. The zero-order valence-electron chi connectivity index (χ0n) is 24.2. The van der Waals surface area contributed by atoms with E-state index in [0.717, 1.165) is 50.0 Å². The van der Waals surface area contributed by atoms with E-state index in [1.165, 1.54) is 5.56 Å². The first kappa shape index (κ1) is 26.4. The van der Waals surface area contributed by atoms with Crippen molar-refractivity contribution in [3.63, 3.8) is 0 Å². The van der Waals surface area contributed by atoms with E-state index < -0.39 is 0 Å². The highest BCUT2D eigenvalue weighted by Crippen LogP contribution is 2.32. The molecule has 2 aromatic heterocycles. The Balaban J connectivity index is 1.18. The van der Waals surface area contributed by atoms with Crippen molar-refractivity contribution in [2.45, 2.75) is 0 Å². The summed E-state index contributed by atoms with van der Waals surface area (Å²) in [7, 11) is 0. The molecule has 0 radical (unpaired) electrons. The molecule has 0 amide bonds. The van der Waals surface area contributed by atoms with E-state index in [4.69, 9.17) is 19.4 Å². The number of fused-ring (bicyclic) bond motifs is 1. The Kier molecular flexibility index (Phi) is 6.74. The predicted molar refractivity (Wildman–Crippen MR) is 180 cm³/mol. The quantitative estimate of drug-likeness (QED) is 0.196. The van der Waals surface area contributed by atoms with Gasteiger partial charge >= 0.3 is 0 Å². The summed E-state index contributed by atoms with van der Waals surface area (Å²) in [5.41, 5.74) is 9.64. The average molecular weight is 579 g/mol. The highest BCUT2D eigenvalue weighted by atomic mass is 16.3. The average Bonchev–Trinajstić information content (AvgIpc) is 3.57. The molecule has 2 heterocycles. The first-order valence-corrected chi connectivity index (χ1v) is 14.8. The number of aromatic nitrogens is 4. The lowest BCUT2D eigenvalue weighted by atomic mass is 10.0. The number of benzene rings is 6. The number of hydrogen-bond donors (Lipinski definition) is 0. The first-order valence-electron chi connectivity index (χ1n) is 14.8. The Morgan fingerprint density at radius 1 is 0.311 bits per heavy atom. The molecule has 8 rings (SSSR count). The van der Waals surface area contributed by atoms with E-state index in [1.54, 1.807) is 0 Å². The van der Waals surface area contributed by atoms with E-state index in [9.17, 15) is 0 Å². The summed E-state index contributed by atoms with van der Waals surface area (Å²) in [6.45, 7) is 0. The Bertz CT molecular complexity index is 2250. The molecular formula is C40H26N4O. The summed E-state index contributed by atoms with van der Waals surface area (Å²) in [5, 5.41) is 0. The molecule has 45 heavy (non-hydrogen) atoms. The van der Waals surface area contributed by atoms with Crippen molar-refractivity contribution < 1.29 is 4.42 Å². The summed E-state index contributed by atoms with van der Waals surface area (Å²) >= 11 is 0. The van der Waals surface area contributed by atoms with Gasteiger partial charge in [-0.2, -0.15) is 0 Å². The van der Waals surface area contributed by atoms with Crippen LogP contribution in [0.2, 0.25) is 0 Å². The third-order valence-corrected chi connectivity index (χ3v) is 7.78. The third kappa shape index (κ3) is 5.39. The van der Waals surface area contributed by atoms with Gasteiger partial charge in [0.25, 0.3) is 0 Å². The molecule has 0 aliphatic carbocycles. The second-order valence-electron chi connectivity index (χ2n) is 10.8. The first-order chi connectivity index (χ1) is 22.3. The maximum absolute atomic E-state index is 6.15. The molecule has 212 valence electrons. The van der Waals surface area contributed by atoms with E-state index in [-0.39, 0.29) is 0 Å². The van der Waals surface area contributed by atoms with Crippen molar-refractivity contribution in [2.75, 3.05) is 0 Å². The molecule has 0 fully saturated rings. The van der Waals surface area contributed by atoms with Gasteiger partial charge in [-0.3, -0.25) is 0 Å². The summed E-state index contributed by atoms with van der Waals surface area (Å²) in [5.74, 6) is 2.48. The van der Waals surface area contributed by atoms with Crippen LogP contribution >= 0.6 is 0 Å². The highest BCUT2D eigenvalue weighted by molar-refractivity contribution is 5.83. The molecule has 0 saturated carbocycles. The lowest BCUT2D eigenvalue weighted by Crippen LogP contribution is -2.00. The monoisotopic (exact) mass is 578 g/mol. The lowest BCUT2D eigenvalue weighted by Gasteiger charge is -2.10. The SMILES string of the molecule is c1ccc(-c2ccc(-c3nc(-c4ccccc4)nc(-c4cccc(-c5ccc6nc(-c7ccccc7)oc6c5)c4)n3)cc2)cc1. The van der Waals surface area contributed by atoms with Crippen LogP contribution in [0.5, 0.6) is 0 Å². The fourth-order valence-corrected chi connectivity index (χ4v) is 5.44. The Morgan fingerprint density at radius 3 is 1.42 bits per heavy atom. The molecular weight excluding hydrogens is 552 g/mol. The molecule has 8 aromatic rings. The van der Waals surface area contributed by atoms with E-state index in [0.29, 0.717) is 23.4 Å². The van der Waals surface area contributed by atoms with Crippen LogP contribution in [0.3, 0.4) is 0 Å². The molecule has 6 aromatic carbocycles. The summed E-state index contributed by atoms with van der Waals surface area (Å²) < 4.78 is 6.15. The predicted octanol–water partition coefficient (Wildman–Crippen LogP) is 10.0. The van der Waals surface area contributed by atoms with Gasteiger partial charge in [-0.05, 0) is 52.6 Å². The number of rotatable bonds is 6. The van der Waals surface area contributed by atoms with Crippen LogP contribution in [0.1, 0.15) is 0 Å². The fourth-order valence-electron chi connectivity index (χ4n) is 5.44. The minimum atomic E-state index is 0.611. The van der Waals surface area contributed by atoms with Crippen LogP contribution in [0.25, 0.3) is 79.0 Å². The summed E-state index contributed by atoms with van der Waals surface area (Å²) in [6.07, 6.45) is 0. The maximum atomic E-state index is 6.15. The summed E-state index contributed by atoms with van der Waals surface area (Å²) in [6, 6.07) is 53.1. The molecule has 0 saturated heterocycles. The third-order valence-electron chi connectivity index (χ3n) is 7.78. The van der Waals surface area contributed by atoms with Crippen LogP contribution in [-0.4, -0.2) is 19.9 Å². The smallest absolute Gasteiger partial charge is 0.227 e. The van der Waals surface area contributed by atoms with Crippen molar-refractivity contribution in [1.29, 1.82) is 0 Å². The van der Waals surface area contributed by atoms with E-state index in [2.05, 4.69) is 59.6 Å². The maximum Gasteiger partial charge on any atom is 0.227 e. The van der Waals surface area contributed by atoms with Crippen molar-refractivity contribution in [3.05, 3.63) is 158 Å². The van der Waals surface area contributed by atoms with Crippen molar-refractivity contribution in [1.82, 2.24) is 19.9 Å². The van der Waals surface area contributed by atoms with E-state index in [1.807, 2.05) is 103 Å². The second kappa shape index (κ2) is 11.5. The van der Waals surface area contributed by atoms with Gasteiger partial charge in [-0.25, -0.2) is 19.9 Å². The zero-order chi connectivity index (χ0) is 30.0. The molecule has 0 N–H and O–H groups in total. The van der Waals surface area contributed by atoms with Gasteiger partial charge < -0.3 is 4.42 Å². The molecule has 5 heteroatoms. The molecule has 0 atom stereocenters. The lowest BCUT2D eigenvalue weighted by molar-refractivity contribution is 0.620. The van der Waals surface area contributed by atoms with Gasteiger partial charge in [0.15, 0.2) is 23.1 Å². The fraction of sp³-hybridized carbons (Fsp3) is 0. The van der Waals surface area contributed by atoms with Gasteiger partial charge in [-0.15, -0.1) is 0 Å². The number of oxazole rings is 1. The molecule has 0 spiro atoms. The summed E-state index contributed by atoms with van der Waals surface area (Å²) in [4.78, 5) is 19.5. The molecule has 0 aliphatic rings. The molecule has 0 unspecified atom stereocenters. The molecule has 5 nitrogen and oxygen atoms in total. The van der Waals surface area contributed by atoms with Gasteiger partial charge in [0, 0.05) is 22.3 Å². The van der Waals surface area contributed by atoms with Gasteiger partial charge in [-0.1, -0.05) is 127 Å². The normalized spacial score (nSPS) is 11.1. The Labute approximate surface area is 260 Å². The van der Waals surface area contributed by atoms with E-state index >= 15 is 0 Å². The van der Waals surface area contributed by atoms with Crippen LogP contribution < -0.4 is 0 Å². The minimum absolute atomic E-state index is 0.611. The van der Waals surface area contributed by atoms with Crippen LogP contribution in [0.4, 0.5) is 0 Å². The topological polar surface area (TPSA) is 64.7 Å². The zero-order valence-corrected chi connectivity index (χ0v) is 24.2. The van der Waals surface area contributed by atoms with Crippen molar-refractivity contribution >= 4 is 11.1 Å². The second-order valence-corrected chi connectivity index (χ2v) is 10.8. The van der Waals surface area contributed by atoms with Crippen molar-refractivity contribution in [2.24, 2.45) is 0 Å². The minimum Gasteiger partial charge on any atom is -0.436 e.